The van der Waals surface area contributed by atoms with Crippen LogP contribution in [-0.4, -0.2) is 56.6 Å². The Morgan fingerprint density at radius 2 is 1.85 bits per heavy atom. The Labute approximate surface area is 179 Å². The summed E-state index contributed by atoms with van der Waals surface area (Å²) in [6.45, 7) is 10.1. The highest BCUT2D eigenvalue weighted by molar-refractivity contribution is 14.0. The van der Waals surface area contributed by atoms with Crippen molar-refractivity contribution in [1.29, 1.82) is 0 Å². The van der Waals surface area contributed by atoms with Crippen LogP contribution in [0.15, 0.2) is 29.3 Å². The molecule has 0 aliphatic carbocycles. The van der Waals surface area contributed by atoms with Gasteiger partial charge in [0.2, 0.25) is 5.91 Å². The number of likely N-dealkylation sites (N-methyl/N-ethyl adjacent to an activating group) is 1. The Morgan fingerprint density at radius 1 is 1.22 bits per heavy atom. The monoisotopic (exact) mass is 494 g/mol. The van der Waals surface area contributed by atoms with Crippen LogP contribution in [-0.2, 0) is 4.79 Å². The summed E-state index contributed by atoms with van der Waals surface area (Å²) >= 11 is 0. The van der Waals surface area contributed by atoms with Crippen molar-refractivity contribution in [2.75, 3.05) is 39.8 Å². The molecule has 0 saturated carbocycles. The van der Waals surface area contributed by atoms with Gasteiger partial charge in [-0.05, 0) is 39.8 Å². The lowest BCUT2D eigenvalue weighted by molar-refractivity contribution is -0.128. The number of benzene rings is 1. The van der Waals surface area contributed by atoms with Crippen molar-refractivity contribution in [3.8, 4) is 5.75 Å². The number of hydrogen-bond acceptors (Lipinski definition) is 3. The lowest BCUT2D eigenvalue weighted by atomic mass is 9.92. The number of ether oxygens (including phenoxy) is 1. The minimum atomic E-state index is -0.596. The fourth-order valence-corrected chi connectivity index (χ4v) is 2.17. The molecule has 154 valence electrons. The van der Waals surface area contributed by atoms with E-state index in [2.05, 4.69) is 15.6 Å². The highest BCUT2D eigenvalue weighted by atomic mass is 127. The normalized spacial score (nSPS) is 11.4. The van der Waals surface area contributed by atoms with Gasteiger partial charge >= 0.3 is 0 Å². The van der Waals surface area contributed by atoms with E-state index in [1.165, 1.54) is 6.07 Å². The Morgan fingerprint density at radius 3 is 2.44 bits per heavy atom. The lowest BCUT2D eigenvalue weighted by Crippen LogP contribution is -2.43. The molecule has 0 unspecified atom stereocenters. The minimum absolute atomic E-state index is 0. The van der Waals surface area contributed by atoms with Crippen molar-refractivity contribution >= 4 is 35.8 Å². The van der Waals surface area contributed by atoms with Crippen molar-refractivity contribution < 1.29 is 13.9 Å². The van der Waals surface area contributed by atoms with Gasteiger partial charge in [0, 0.05) is 20.1 Å². The maximum Gasteiger partial charge on any atom is 0.227 e. The molecule has 0 radical (unpaired) electrons. The molecule has 0 bridgehead atoms. The number of guanidine groups is 1. The Kier molecular flexibility index (Phi) is 12.0. The van der Waals surface area contributed by atoms with E-state index in [0.29, 0.717) is 38.7 Å². The maximum absolute atomic E-state index is 13.6. The third-order valence-corrected chi connectivity index (χ3v) is 3.79. The van der Waals surface area contributed by atoms with Gasteiger partial charge in [0.1, 0.15) is 6.61 Å². The number of para-hydroxylation sites is 1. The average molecular weight is 494 g/mol. The smallest absolute Gasteiger partial charge is 0.227 e. The molecule has 0 fully saturated rings. The molecule has 0 aromatic heterocycles. The molecule has 6 nitrogen and oxygen atoms in total. The molecule has 0 spiro atoms. The standard InChI is InChI=1S/C19H31FN4O2.HI/c1-6-21-17(25)19(3,4)14-23-18(22-7-2)24(5)12-13-26-16-11-9-8-10-15(16)20;/h8-11H,6-7,12-14H2,1-5H3,(H,21,25)(H,22,23);1H. The van der Waals surface area contributed by atoms with Gasteiger partial charge in [-0.2, -0.15) is 0 Å². The van der Waals surface area contributed by atoms with E-state index < -0.39 is 5.41 Å². The molecule has 1 aromatic carbocycles. The fourth-order valence-electron chi connectivity index (χ4n) is 2.17. The number of nitrogens with one attached hydrogen (secondary N) is 2. The maximum atomic E-state index is 13.6. The molecule has 0 aliphatic heterocycles. The van der Waals surface area contributed by atoms with E-state index in [0.717, 1.165) is 0 Å². The Hall–Kier alpha value is -1.58. The number of nitrogens with zero attached hydrogens (tertiary/aromatic N) is 2. The summed E-state index contributed by atoms with van der Waals surface area (Å²) in [5, 5.41) is 6.03. The number of hydrogen-bond donors (Lipinski definition) is 2. The van der Waals surface area contributed by atoms with Gasteiger partial charge in [0.25, 0.3) is 0 Å². The SMILES string of the molecule is CCNC(=O)C(C)(C)CN=C(NCC)N(C)CCOc1ccccc1F.I. The van der Waals surface area contributed by atoms with E-state index in [1.54, 1.807) is 18.2 Å². The highest BCUT2D eigenvalue weighted by Gasteiger charge is 2.27. The lowest BCUT2D eigenvalue weighted by Gasteiger charge is -2.25. The summed E-state index contributed by atoms with van der Waals surface area (Å²) in [6, 6.07) is 6.33. The van der Waals surface area contributed by atoms with E-state index in [-0.39, 0.29) is 41.5 Å². The predicted octanol–water partition coefficient (Wildman–Crippen LogP) is 2.88. The van der Waals surface area contributed by atoms with Crippen molar-refractivity contribution in [1.82, 2.24) is 15.5 Å². The molecule has 8 heteroatoms. The van der Waals surface area contributed by atoms with Crippen molar-refractivity contribution in [2.24, 2.45) is 10.4 Å². The van der Waals surface area contributed by atoms with Crippen LogP contribution in [0.5, 0.6) is 5.75 Å². The highest BCUT2D eigenvalue weighted by Crippen LogP contribution is 2.16. The summed E-state index contributed by atoms with van der Waals surface area (Å²) in [5.41, 5.74) is -0.596. The van der Waals surface area contributed by atoms with Gasteiger partial charge < -0.3 is 20.3 Å². The number of halogens is 2. The first kappa shape index (κ1) is 25.4. The molecule has 0 heterocycles. The van der Waals surface area contributed by atoms with Crippen LogP contribution in [0.4, 0.5) is 4.39 Å². The van der Waals surface area contributed by atoms with Gasteiger partial charge in [-0.15, -0.1) is 24.0 Å². The third kappa shape index (κ3) is 8.77. The van der Waals surface area contributed by atoms with Crippen molar-refractivity contribution in [3.63, 3.8) is 0 Å². The predicted molar refractivity (Wildman–Crippen MR) is 118 cm³/mol. The summed E-state index contributed by atoms with van der Waals surface area (Å²) in [5.74, 6) is 0.520. The van der Waals surface area contributed by atoms with Crippen LogP contribution < -0.4 is 15.4 Å². The first-order valence-electron chi connectivity index (χ1n) is 8.97. The number of carbonyl (C=O) groups excluding carboxylic acids is 1. The molecule has 2 N–H and O–H groups in total. The van der Waals surface area contributed by atoms with Gasteiger partial charge in [-0.25, -0.2) is 4.39 Å². The third-order valence-electron chi connectivity index (χ3n) is 3.79. The Bertz CT molecular complexity index is 611. The zero-order valence-electron chi connectivity index (χ0n) is 16.8. The molecule has 1 rings (SSSR count). The van der Waals surface area contributed by atoms with Crippen LogP contribution in [0.2, 0.25) is 0 Å². The summed E-state index contributed by atoms with van der Waals surface area (Å²) < 4.78 is 19.1. The van der Waals surface area contributed by atoms with Crippen LogP contribution in [0.1, 0.15) is 27.7 Å². The first-order valence-corrected chi connectivity index (χ1v) is 8.97. The van der Waals surface area contributed by atoms with Crippen molar-refractivity contribution in [3.05, 3.63) is 30.1 Å². The summed E-state index contributed by atoms with van der Waals surface area (Å²) in [7, 11) is 1.88. The molecular weight excluding hydrogens is 462 g/mol. The van der Waals surface area contributed by atoms with Gasteiger partial charge in [-0.3, -0.25) is 9.79 Å². The van der Waals surface area contributed by atoms with Crippen LogP contribution in [0, 0.1) is 11.2 Å². The van der Waals surface area contributed by atoms with E-state index in [4.69, 9.17) is 4.74 Å². The van der Waals surface area contributed by atoms with Gasteiger partial charge in [0.15, 0.2) is 17.5 Å². The van der Waals surface area contributed by atoms with Gasteiger partial charge in [0.05, 0.1) is 18.5 Å². The van der Waals surface area contributed by atoms with E-state index in [9.17, 15) is 9.18 Å². The molecule has 27 heavy (non-hydrogen) atoms. The summed E-state index contributed by atoms with van der Waals surface area (Å²) in [4.78, 5) is 18.6. The molecule has 0 saturated heterocycles. The second kappa shape index (κ2) is 12.7. The number of carbonyl (C=O) groups is 1. The second-order valence-corrected chi connectivity index (χ2v) is 6.61. The zero-order valence-corrected chi connectivity index (χ0v) is 19.2. The quantitative estimate of drug-likeness (QED) is 0.315. The topological polar surface area (TPSA) is 66.0 Å². The van der Waals surface area contributed by atoms with Crippen molar-refractivity contribution in [2.45, 2.75) is 27.7 Å². The van der Waals surface area contributed by atoms with E-state index in [1.807, 2.05) is 39.6 Å². The molecular formula is C19H32FIN4O2. The Balaban J connectivity index is 0.00000676. The van der Waals surface area contributed by atoms with Gasteiger partial charge in [-0.1, -0.05) is 12.1 Å². The first-order chi connectivity index (χ1) is 12.3. The fraction of sp³-hybridized carbons (Fsp3) is 0.579. The summed E-state index contributed by atoms with van der Waals surface area (Å²) in [6.07, 6.45) is 0. The van der Waals surface area contributed by atoms with Crippen LogP contribution in [0.3, 0.4) is 0 Å². The molecule has 0 aliphatic rings. The minimum Gasteiger partial charge on any atom is -0.489 e. The number of amides is 1. The average Bonchev–Trinajstić information content (AvgIpc) is 2.60. The van der Waals surface area contributed by atoms with E-state index >= 15 is 0 Å². The largest absolute Gasteiger partial charge is 0.489 e. The molecule has 1 aromatic rings. The second-order valence-electron chi connectivity index (χ2n) is 6.61. The zero-order chi connectivity index (χ0) is 19.6. The number of aliphatic imine (C=N–C) groups is 1. The van der Waals surface area contributed by atoms with Crippen LogP contribution in [0.25, 0.3) is 0 Å². The molecule has 1 amide bonds. The van der Waals surface area contributed by atoms with Crippen LogP contribution >= 0.6 is 24.0 Å². The molecule has 0 atom stereocenters. The number of rotatable bonds is 9.